The van der Waals surface area contributed by atoms with E-state index in [0.717, 1.165) is 6.42 Å². The van der Waals surface area contributed by atoms with Crippen LogP contribution in [0.1, 0.15) is 30.6 Å². The monoisotopic (exact) mass is 237 g/mol. The van der Waals surface area contributed by atoms with Crippen molar-refractivity contribution in [3.8, 4) is 0 Å². The molecule has 1 aromatic rings. The Bertz CT molecular complexity index is 388. The predicted octanol–water partition coefficient (Wildman–Crippen LogP) is 2.61. The van der Waals surface area contributed by atoms with Crippen molar-refractivity contribution < 1.29 is 14.6 Å². The van der Waals surface area contributed by atoms with Crippen LogP contribution in [0.2, 0.25) is 0 Å². The lowest BCUT2D eigenvalue weighted by Gasteiger charge is -2.23. The minimum Gasteiger partial charge on any atom is -0.478 e. The Kier molecular flexibility index (Phi) is 4.52. The van der Waals surface area contributed by atoms with Crippen LogP contribution in [-0.4, -0.2) is 30.3 Å². The van der Waals surface area contributed by atoms with E-state index >= 15 is 0 Å². The average molecular weight is 237 g/mol. The highest BCUT2D eigenvalue weighted by molar-refractivity contribution is 5.94. The van der Waals surface area contributed by atoms with Crippen LogP contribution in [0, 0.1) is 0 Å². The number of ether oxygens (including phenoxy) is 1. The van der Waals surface area contributed by atoms with Gasteiger partial charge in [0.15, 0.2) is 0 Å². The van der Waals surface area contributed by atoms with Gasteiger partial charge in [0.1, 0.15) is 0 Å². The zero-order chi connectivity index (χ0) is 12.9. The van der Waals surface area contributed by atoms with Gasteiger partial charge in [-0.1, -0.05) is 12.1 Å². The Morgan fingerprint density at radius 3 is 2.65 bits per heavy atom. The van der Waals surface area contributed by atoms with Crippen molar-refractivity contribution in [2.45, 2.75) is 25.9 Å². The lowest BCUT2D eigenvalue weighted by atomic mass is 10.1. The second-order valence-corrected chi connectivity index (χ2v) is 4.49. The molecule has 0 aliphatic carbocycles. The van der Waals surface area contributed by atoms with E-state index in [0.29, 0.717) is 17.8 Å². The lowest BCUT2D eigenvalue weighted by Crippen LogP contribution is -2.26. The van der Waals surface area contributed by atoms with Crippen LogP contribution >= 0.6 is 0 Å². The van der Waals surface area contributed by atoms with E-state index in [1.54, 1.807) is 25.3 Å². The summed E-state index contributed by atoms with van der Waals surface area (Å²) in [5.74, 6) is -0.917. The summed E-state index contributed by atoms with van der Waals surface area (Å²) in [6.07, 6.45) is 0.803. The first-order valence-electron chi connectivity index (χ1n) is 5.57. The minimum atomic E-state index is -0.917. The summed E-state index contributed by atoms with van der Waals surface area (Å²) in [7, 11) is 1.67. The van der Waals surface area contributed by atoms with Gasteiger partial charge < -0.3 is 15.2 Å². The number of carboxylic acid groups (broad SMARTS) is 1. The van der Waals surface area contributed by atoms with Gasteiger partial charge in [-0.15, -0.1) is 0 Å². The normalized spacial score (nSPS) is 11.2. The van der Waals surface area contributed by atoms with Crippen molar-refractivity contribution in [2.24, 2.45) is 0 Å². The van der Waals surface area contributed by atoms with Gasteiger partial charge in [0.25, 0.3) is 0 Å². The third-order valence-electron chi connectivity index (χ3n) is 2.75. The molecule has 0 aromatic heterocycles. The summed E-state index contributed by atoms with van der Waals surface area (Å²) >= 11 is 0. The van der Waals surface area contributed by atoms with E-state index in [9.17, 15) is 4.79 Å². The van der Waals surface area contributed by atoms with Crippen LogP contribution in [0.3, 0.4) is 0 Å². The summed E-state index contributed by atoms with van der Waals surface area (Å²) < 4.78 is 5.30. The van der Waals surface area contributed by atoms with Gasteiger partial charge in [0.05, 0.1) is 11.2 Å². The molecular formula is C13H19NO3. The van der Waals surface area contributed by atoms with Crippen molar-refractivity contribution >= 4 is 11.7 Å². The molecule has 4 heteroatoms. The maximum Gasteiger partial charge on any atom is 0.337 e. The van der Waals surface area contributed by atoms with Gasteiger partial charge in [-0.3, -0.25) is 0 Å². The molecule has 94 valence electrons. The number of carboxylic acids is 1. The topological polar surface area (TPSA) is 58.6 Å². The fourth-order valence-corrected chi connectivity index (χ4v) is 1.42. The Balaban J connectivity index is 2.61. The third-order valence-corrected chi connectivity index (χ3v) is 2.75. The van der Waals surface area contributed by atoms with Crippen LogP contribution in [-0.2, 0) is 4.74 Å². The van der Waals surface area contributed by atoms with E-state index in [1.165, 1.54) is 0 Å². The molecule has 4 nitrogen and oxygen atoms in total. The maximum atomic E-state index is 11.0. The first kappa shape index (κ1) is 13.5. The van der Waals surface area contributed by atoms with Gasteiger partial charge in [-0.05, 0) is 32.4 Å². The number of hydrogen-bond acceptors (Lipinski definition) is 3. The fourth-order valence-electron chi connectivity index (χ4n) is 1.42. The van der Waals surface area contributed by atoms with E-state index in [2.05, 4.69) is 5.32 Å². The molecule has 17 heavy (non-hydrogen) atoms. The molecule has 0 amide bonds. The number of aromatic carboxylic acids is 1. The number of para-hydroxylation sites is 1. The molecule has 0 spiro atoms. The van der Waals surface area contributed by atoms with E-state index in [4.69, 9.17) is 9.84 Å². The molecule has 0 bridgehead atoms. The number of hydrogen-bond donors (Lipinski definition) is 2. The summed E-state index contributed by atoms with van der Waals surface area (Å²) in [6, 6.07) is 6.89. The molecule has 0 aliphatic rings. The van der Waals surface area contributed by atoms with Gasteiger partial charge in [0, 0.05) is 19.3 Å². The number of carbonyl (C=O) groups is 1. The van der Waals surface area contributed by atoms with E-state index < -0.39 is 5.97 Å². The Labute approximate surface area is 102 Å². The Morgan fingerprint density at radius 2 is 2.06 bits per heavy atom. The van der Waals surface area contributed by atoms with Gasteiger partial charge in [-0.2, -0.15) is 0 Å². The number of nitrogens with one attached hydrogen (secondary N) is 1. The molecule has 0 saturated carbocycles. The van der Waals surface area contributed by atoms with Crippen molar-refractivity contribution in [1.82, 2.24) is 0 Å². The summed E-state index contributed by atoms with van der Waals surface area (Å²) in [6.45, 7) is 4.67. The minimum absolute atomic E-state index is 0.203. The number of methoxy groups -OCH3 is 1. The summed E-state index contributed by atoms with van der Waals surface area (Å²) in [5, 5.41) is 12.1. The summed E-state index contributed by atoms with van der Waals surface area (Å²) in [5.41, 5.74) is 0.736. The molecule has 0 radical (unpaired) electrons. The molecule has 0 fully saturated rings. The Morgan fingerprint density at radius 1 is 1.41 bits per heavy atom. The first-order valence-corrected chi connectivity index (χ1v) is 5.57. The van der Waals surface area contributed by atoms with Gasteiger partial charge in [-0.25, -0.2) is 4.79 Å². The molecule has 1 aromatic carbocycles. The van der Waals surface area contributed by atoms with Crippen molar-refractivity contribution in [3.05, 3.63) is 29.8 Å². The number of anilines is 1. The Hall–Kier alpha value is -1.55. The largest absolute Gasteiger partial charge is 0.478 e. The van der Waals surface area contributed by atoms with Crippen molar-refractivity contribution in [3.63, 3.8) is 0 Å². The van der Waals surface area contributed by atoms with Crippen molar-refractivity contribution in [1.29, 1.82) is 0 Å². The maximum absolute atomic E-state index is 11.0. The molecule has 0 saturated heterocycles. The summed E-state index contributed by atoms with van der Waals surface area (Å²) in [4.78, 5) is 11.0. The van der Waals surface area contributed by atoms with E-state index in [-0.39, 0.29) is 5.60 Å². The highest BCUT2D eigenvalue weighted by atomic mass is 16.5. The molecule has 1 rings (SSSR count). The molecule has 0 atom stereocenters. The standard InChI is InChI=1S/C13H19NO3/c1-13(2,17-3)8-9-14-11-7-5-4-6-10(11)12(15)16/h4-7,14H,8-9H2,1-3H3,(H,15,16). The highest BCUT2D eigenvalue weighted by Crippen LogP contribution is 2.17. The smallest absolute Gasteiger partial charge is 0.337 e. The average Bonchev–Trinajstić information content (AvgIpc) is 2.29. The highest BCUT2D eigenvalue weighted by Gasteiger charge is 2.16. The predicted molar refractivity (Wildman–Crippen MR) is 67.6 cm³/mol. The molecule has 0 aliphatic heterocycles. The van der Waals surface area contributed by atoms with Crippen LogP contribution in [0.25, 0.3) is 0 Å². The van der Waals surface area contributed by atoms with Crippen LogP contribution in [0.5, 0.6) is 0 Å². The zero-order valence-electron chi connectivity index (χ0n) is 10.5. The zero-order valence-corrected chi connectivity index (χ0v) is 10.5. The van der Waals surface area contributed by atoms with Crippen LogP contribution in [0.15, 0.2) is 24.3 Å². The lowest BCUT2D eigenvalue weighted by molar-refractivity contribution is 0.0185. The SMILES string of the molecule is COC(C)(C)CCNc1ccccc1C(=O)O. The fraction of sp³-hybridized carbons (Fsp3) is 0.462. The third kappa shape index (κ3) is 4.07. The molecule has 0 unspecified atom stereocenters. The van der Waals surface area contributed by atoms with Crippen LogP contribution < -0.4 is 5.32 Å². The molecule has 2 N–H and O–H groups in total. The second-order valence-electron chi connectivity index (χ2n) is 4.49. The van der Waals surface area contributed by atoms with E-state index in [1.807, 2.05) is 19.9 Å². The number of benzene rings is 1. The molecular weight excluding hydrogens is 218 g/mol. The van der Waals surface area contributed by atoms with Crippen molar-refractivity contribution in [2.75, 3.05) is 19.0 Å². The quantitative estimate of drug-likeness (QED) is 0.798. The second kappa shape index (κ2) is 5.68. The van der Waals surface area contributed by atoms with Crippen LogP contribution in [0.4, 0.5) is 5.69 Å². The van der Waals surface area contributed by atoms with Gasteiger partial charge >= 0.3 is 5.97 Å². The first-order chi connectivity index (χ1) is 7.96. The number of rotatable bonds is 6. The molecule has 0 heterocycles. The van der Waals surface area contributed by atoms with Gasteiger partial charge in [0.2, 0.25) is 0 Å².